The number of piperidine rings is 1. The van der Waals surface area contributed by atoms with Crippen molar-refractivity contribution in [3.63, 3.8) is 0 Å². The Morgan fingerprint density at radius 2 is 2.53 bits per heavy atom. The summed E-state index contributed by atoms with van der Waals surface area (Å²) >= 11 is 0. The molecule has 1 saturated heterocycles. The highest BCUT2D eigenvalue weighted by Crippen LogP contribution is 2.11. The Hall–Kier alpha value is -1.42. The summed E-state index contributed by atoms with van der Waals surface area (Å²) in [6, 6.07) is 4.04. The van der Waals surface area contributed by atoms with Crippen LogP contribution >= 0.6 is 0 Å². The van der Waals surface area contributed by atoms with Gasteiger partial charge in [0.1, 0.15) is 0 Å². The van der Waals surface area contributed by atoms with Crippen LogP contribution in [0.5, 0.6) is 0 Å². The summed E-state index contributed by atoms with van der Waals surface area (Å²) in [6.45, 7) is 4.12. The summed E-state index contributed by atoms with van der Waals surface area (Å²) in [5, 5.41) is 6.40. The predicted octanol–water partition coefficient (Wildman–Crippen LogP) is 0.738. The molecule has 4 nitrogen and oxygen atoms in total. The molecule has 0 aliphatic carbocycles. The van der Waals surface area contributed by atoms with Gasteiger partial charge >= 0.3 is 0 Å². The maximum atomic E-state index is 11.9. The van der Waals surface area contributed by atoms with Crippen molar-refractivity contribution in [2.24, 2.45) is 5.92 Å². The van der Waals surface area contributed by atoms with Crippen molar-refractivity contribution in [2.45, 2.75) is 25.8 Å². The Morgan fingerprint density at radius 3 is 3.24 bits per heavy atom. The van der Waals surface area contributed by atoms with E-state index in [1.807, 2.05) is 12.1 Å². The molecule has 92 valence electrons. The molecule has 2 N–H and O–H groups in total. The number of hydrogen-bond donors (Lipinski definition) is 2. The lowest BCUT2D eigenvalue weighted by molar-refractivity contribution is -0.121. The zero-order chi connectivity index (χ0) is 12.1. The lowest BCUT2D eigenvalue weighted by Gasteiger charge is -2.30. The lowest BCUT2D eigenvalue weighted by Crippen LogP contribution is -2.50. The third-order valence-corrected chi connectivity index (χ3v) is 3.26. The lowest BCUT2D eigenvalue weighted by atomic mass is 9.94. The molecule has 0 aromatic carbocycles. The molecule has 2 heterocycles. The van der Waals surface area contributed by atoms with E-state index in [1.165, 1.54) is 0 Å². The minimum absolute atomic E-state index is 0.0820. The molecule has 1 amide bonds. The van der Waals surface area contributed by atoms with Crippen LogP contribution < -0.4 is 10.6 Å². The summed E-state index contributed by atoms with van der Waals surface area (Å²) in [5.74, 6) is 0.632. The van der Waals surface area contributed by atoms with Gasteiger partial charge in [0.2, 0.25) is 5.91 Å². The number of aromatic nitrogens is 1. The van der Waals surface area contributed by atoms with Gasteiger partial charge in [-0.2, -0.15) is 0 Å². The van der Waals surface area contributed by atoms with Crippen LogP contribution in [0.25, 0.3) is 0 Å². The fraction of sp³-hybridized carbons (Fsp3) is 0.538. The van der Waals surface area contributed by atoms with Crippen molar-refractivity contribution in [1.82, 2.24) is 15.6 Å². The minimum Gasteiger partial charge on any atom is -0.352 e. The topological polar surface area (TPSA) is 54.0 Å². The number of pyridine rings is 1. The van der Waals surface area contributed by atoms with Crippen LogP contribution in [0.4, 0.5) is 0 Å². The Morgan fingerprint density at radius 1 is 1.65 bits per heavy atom. The predicted molar refractivity (Wildman–Crippen MR) is 66.5 cm³/mol. The van der Waals surface area contributed by atoms with Gasteiger partial charge in [-0.05, 0) is 30.5 Å². The van der Waals surface area contributed by atoms with Crippen molar-refractivity contribution in [2.75, 3.05) is 13.1 Å². The van der Waals surface area contributed by atoms with Gasteiger partial charge in [-0.3, -0.25) is 9.78 Å². The van der Waals surface area contributed by atoms with Gasteiger partial charge in [-0.1, -0.05) is 13.0 Å². The molecule has 1 aliphatic rings. The second-order valence-corrected chi connectivity index (χ2v) is 4.68. The first-order chi connectivity index (χ1) is 8.25. The quantitative estimate of drug-likeness (QED) is 0.809. The Kier molecular flexibility index (Phi) is 4.09. The first-order valence-electron chi connectivity index (χ1n) is 6.14. The summed E-state index contributed by atoms with van der Waals surface area (Å²) in [5.41, 5.74) is 0.960. The summed E-state index contributed by atoms with van der Waals surface area (Å²) < 4.78 is 0. The molecule has 0 radical (unpaired) electrons. The Balaban J connectivity index is 1.84. The van der Waals surface area contributed by atoms with E-state index in [-0.39, 0.29) is 11.9 Å². The standard InChI is InChI=1S/C13H19N3O/c1-10-4-6-15-9-12(10)16-13(17)7-11-3-2-5-14-8-11/h2-3,5,8,10,12,15H,4,6-7,9H2,1H3,(H,16,17). The number of carbonyl (C=O) groups is 1. The molecule has 0 saturated carbocycles. The Labute approximate surface area is 102 Å². The van der Waals surface area contributed by atoms with E-state index >= 15 is 0 Å². The molecule has 17 heavy (non-hydrogen) atoms. The molecule has 2 atom stereocenters. The molecule has 1 aliphatic heterocycles. The average Bonchev–Trinajstić information content (AvgIpc) is 2.33. The molecule has 1 aromatic heterocycles. The SMILES string of the molecule is CC1CCNCC1NC(=O)Cc1cccnc1. The summed E-state index contributed by atoms with van der Waals surface area (Å²) in [4.78, 5) is 15.9. The second-order valence-electron chi connectivity index (χ2n) is 4.68. The molecule has 1 aromatic rings. The van der Waals surface area contributed by atoms with E-state index in [0.717, 1.165) is 25.1 Å². The van der Waals surface area contributed by atoms with Crippen LogP contribution in [0.1, 0.15) is 18.9 Å². The van der Waals surface area contributed by atoms with Crippen molar-refractivity contribution in [1.29, 1.82) is 0 Å². The number of rotatable bonds is 3. The smallest absolute Gasteiger partial charge is 0.224 e. The number of nitrogens with zero attached hydrogens (tertiary/aromatic N) is 1. The van der Waals surface area contributed by atoms with E-state index in [4.69, 9.17) is 0 Å². The summed E-state index contributed by atoms with van der Waals surface area (Å²) in [7, 11) is 0. The van der Waals surface area contributed by atoms with Crippen molar-refractivity contribution < 1.29 is 4.79 Å². The van der Waals surface area contributed by atoms with Gasteiger partial charge in [-0.15, -0.1) is 0 Å². The molecule has 2 unspecified atom stereocenters. The number of hydrogen-bond acceptors (Lipinski definition) is 3. The van der Waals surface area contributed by atoms with Crippen LogP contribution in [0.3, 0.4) is 0 Å². The Bertz CT molecular complexity index is 366. The number of nitrogens with one attached hydrogen (secondary N) is 2. The largest absolute Gasteiger partial charge is 0.352 e. The zero-order valence-electron chi connectivity index (χ0n) is 10.1. The number of carbonyl (C=O) groups excluding carboxylic acids is 1. The fourth-order valence-corrected chi connectivity index (χ4v) is 2.13. The van der Waals surface area contributed by atoms with E-state index in [1.54, 1.807) is 12.4 Å². The number of amides is 1. The highest BCUT2D eigenvalue weighted by molar-refractivity contribution is 5.78. The van der Waals surface area contributed by atoms with E-state index in [2.05, 4.69) is 22.5 Å². The van der Waals surface area contributed by atoms with Crippen LogP contribution in [-0.2, 0) is 11.2 Å². The van der Waals surface area contributed by atoms with Crippen molar-refractivity contribution in [3.05, 3.63) is 30.1 Å². The van der Waals surface area contributed by atoms with Crippen LogP contribution in [-0.4, -0.2) is 30.0 Å². The first kappa shape index (κ1) is 12.0. The molecule has 1 fully saturated rings. The zero-order valence-corrected chi connectivity index (χ0v) is 10.1. The third kappa shape index (κ3) is 3.53. The normalized spacial score (nSPS) is 24.3. The molecule has 0 bridgehead atoms. The van der Waals surface area contributed by atoms with Crippen molar-refractivity contribution >= 4 is 5.91 Å². The highest BCUT2D eigenvalue weighted by Gasteiger charge is 2.22. The van der Waals surface area contributed by atoms with Crippen LogP contribution in [0.15, 0.2) is 24.5 Å². The molecule has 4 heteroatoms. The fourth-order valence-electron chi connectivity index (χ4n) is 2.13. The van der Waals surface area contributed by atoms with Gasteiger partial charge in [0.25, 0.3) is 0 Å². The summed E-state index contributed by atoms with van der Waals surface area (Å²) in [6.07, 6.45) is 4.99. The van der Waals surface area contributed by atoms with Gasteiger partial charge in [0.05, 0.1) is 6.42 Å². The monoisotopic (exact) mass is 233 g/mol. The maximum absolute atomic E-state index is 11.9. The second kappa shape index (κ2) is 5.77. The minimum atomic E-state index is 0.0820. The van der Waals surface area contributed by atoms with Gasteiger partial charge in [-0.25, -0.2) is 0 Å². The molecule has 2 rings (SSSR count). The van der Waals surface area contributed by atoms with E-state index < -0.39 is 0 Å². The molecular weight excluding hydrogens is 214 g/mol. The van der Waals surface area contributed by atoms with E-state index in [0.29, 0.717) is 12.3 Å². The molecular formula is C13H19N3O. The van der Waals surface area contributed by atoms with Gasteiger partial charge in [0, 0.05) is 25.0 Å². The van der Waals surface area contributed by atoms with Gasteiger partial charge < -0.3 is 10.6 Å². The highest BCUT2D eigenvalue weighted by atomic mass is 16.1. The van der Waals surface area contributed by atoms with E-state index in [9.17, 15) is 4.79 Å². The average molecular weight is 233 g/mol. The third-order valence-electron chi connectivity index (χ3n) is 3.26. The van der Waals surface area contributed by atoms with Crippen LogP contribution in [0, 0.1) is 5.92 Å². The van der Waals surface area contributed by atoms with Gasteiger partial charge in [0.15, 0.2) is 0 Å². The van der Waals surface area contributed by atoms with Crippen LogP contribution in [0.2, 0.25) is 0 Å². The molecule has 0 spiro atoms. The first-order valence-corrected chi connectivity index (χ1v) is 6.14. The maximum Gasteiger partial charge on any atom is 0.224 e. The van der Waals surface area contributed by atoms with Crippen molar-refractivity contribution in [3.8, 4) is 0 Å².